The molecule has 13 heavy (non-hydrogen) atoms. The number of oxime groups is 1. The smallest absolute Gasteiger partial charge is 0.235 e. The fourth-order valence-corrected chi connectivity index (χ4v) is 1.07. The fraction of sp³-hybridized carbons (Fsp3) is 0.556. The highest BCUT2D eigenvalue weighted by molar-refractivity contribution is 5.88. The summed E-state index contributed by atoms with van der Waals surface area (Å²) in [4.78, 5) is 9.06. The van der Waals surface area contributed by atoms with Crippen LogP contribution in [0.5, 0.6) is 0 Å². The van der Waals surface area contributed by atoms with Gasteiger partial charge in [-0.15, -0.1) is 0 Å². The van der Waals surface area contributed by atoms with Crippen LogP contribution in [0.3, 0.4) is 0 Å². The van der Waals surface area contributed by atoms with Crippen LogP contribution >= 0.6 is 0 Å². The van der Waals surface area contributed by atoms with Gasteiger partial charge in [0.2, 0.25) is 5.89 Å². The third-order valence-corrected chi connectivity index (χ3v) is 1.98. The maximum atomic E-state index is 5.21. The highest BCUT2D eigenvalue weighted by Crippen LogP contribution is 2.14. The Morgan fingerprint density at radius 3 is 3.00 bits per heavy atom. The van der Waals surface area contributed by atoms with Crippen LogP contribution in [0.4, 0.5) is 0 Å². The van der Waals surface area contributed by atoms with E-state index < -0.39 is 0 Å². The molecule has 0 aliphatic heterocycles. The molecule has 70 valence electrons. The molecule has 0 atom stereocenters. The molecule has 0 amide bonds. The standard InChI is InChI=1S/C9H12N2O2/c1-7-5-10-9(13-7)6-12-11-8-3-2-4-8/h5H,2-4,6H2,1H3. The van der Waals surface area contributed by atoms with Gasteiger partial charge in [0.1, 0.15) is 5.76 Å². The quantitative estimate of drug-likeness (QED) is 0.669. The summed E-state index contributed by atoms with van der Waals surface area (Å²) in [5, 5.41) is 3.95. The highest BCUT2D eigenvalue weighted by atomic mass is 16.6. The molecule has 0 N–H and O–H groups in total. The zero-order chi connectivity index (χ0) is 9.10. The summed E-state index contributed by atoms with van der Waals surface area (Å²) >= 11 is 0. The van der Waals surface area contributed by atoms with Gasteiger partial charge in [0.05, 0.1) is 11.9 Å². The van der Waals surface area contributed by atoms with Gasteiger partial charge in [0, 0.05) is 0 Å². The first-order chi connectivity index (χ1) is 6.34. The zero-order valence-corrected chi connectivity index (χ0v) is 7.62. The topological polar surface area (TPSA) is 47.6 Å². The molecule has 1 heterocycles. The number of nitrogens with zero attached hydrogens (tertiary/aromatic N) is 2. The maximum absolute atomic E-state index is 5.21. The van der Waals surface area contributed by atoms with Crippen LogP contribution in [0.25, 0.3) is 0 Å². The third kappa shape index (κ3) is 2.08. The lowest BCUT2D eigenvalue weighted by Gasteiger charge is -2.12. The van der Waals surface area contributed by atoms with Crippen LogP contribution in [0, 0.1) is 6.92 Å². The van der Waals surface area contributed by atoms with Crippen LogP contribution in [0.15, 0.2) is 15.8 Å². The number of hydrogen-bond acceptors (Lipinski definition) is 4. The number of aryl methyl sites for hydroxylation is 1. The van der Waals surface area contributed by atoms with Crippen molar-refractivity contribution in [3.63, 3.8) is 0 Å². The van der Waals surface area contributed by atoms with Crippen LogP contribution in [-0.2, 0) is 11.4 Å². The Kier molecular flexibility index (Phi) is 2.29. The number of rotatable bonds is 3. The maximum Gasteiger partial charge on any atom is 0.235 e. The first-order valence-corrected chi connectivity index (χ1v) is 4.43. The molecular weight excluding hydrogens is 168 g/mol. The molecule has 1 saturated carbocycles. The Labute approximate surface area is 76.6 Å². The van der Waals surface area contributed by atoms with Crippen molar-refractivity contribution in [1.29, 1.82) is 0 Å². The van der Waals surface area contributed by atoms with Gasteiger partial charge < -0.3 is 9.25 Å². The molecule has 0 saturated heterocycles. The minimum absolute atomic E-state index is 0.331. The predicted octanol–water partition coefficient (Wildman–Crippen LogP) is 2.04. The van der Waals surface area contributed by atoms with E-state index in [0.717, 1.165) is 24.3 Å². The average Bonchev–Trinajstić information content (AvgIpc) is 2.42. The Morgan fingerprint density at radius 1 is 1.62 bits per heavy atom. The Balaban J connectivity index is 1.79. The van der Waals surface area contributed by atoms with E-state index >= 15 is 0 Å². The molecule has 4 nitrogen and oxygen atoms in total. The van der Waals surface area contributed by atoms with Crippen molar-refractivity contribution in [3.8, 4) is 0 Å². The monoisotopic (exact) mass is 180 g/mol. The van der Waals surface area contributed by atoms with Crippen LogP contribution in [0.2, 0.25) is 0 Å². The van der Waals surface area contributed by atoms with Gasteiger partial charge in [-0.25, -0.2) is 4.98 Å². The fourth-order valence-electron chi connectivity index (χ4n) is 1.07. The molecule has 2 rings (SSSR count). The first-order valence-electron chi connectivity index (χ1n) is 4.43. The number of aromatic nitrogens is 1. The van der Waals surface area contributed by atoms with Crippen LogP contribution in [0.1, 0.15) is 30.9 Å². The average molecular weight is 180 g/mol. The van der Waals surface area contributed by atoms with E-state index in [1.165, 1.54) is 6.42 Å². The van der Waals surface area contributed by atoms with Gasteiger partial charge in [0.25, 0.3) is 0 Å². The Hall–Kier alpha value is -1.32. The largest absolute Gasteiger partial charge is 0.442 e. The van der Waals surface area contributed by atoms with E-state index in [1.807, 2.05) is 6.92 Å². The normalized spacial score (nSPS) is 15.3. The molecule has 1 fully saturated rings. The Bertz CT molecular complexity index is 311. The van der Waals surface area contributed by atoms with Gasteiger partial charge in [-0.3, -0.25) is 0 Å². The van der Waals surface area contributed by atoms with E-state index in [2.05, 4.69) is 10.1 Å². The van der Waals surface area contributed by atoms with Gasteiger partial charge >= 0.3 is 0 Å². The van der Waals surface area contributed by atoms with Crippen molar-refractivity contribution in [1.82, 2.24) is 4.98 Å². The summed E-state index contributed by atoms with van der Waals surface area (Å²) < 4.78 is 5.21. The lowest BCUT2D eigenvalue weighted by Crippen LogP contribution is -2.09. The molecule has 1 aromatic rings. The Morgan fingerprint density at radius 2 is 2.46 bits per heavy atom. The van der Waals surface area contributed by atoms with E-state index in [0.29, 0.717) is 12.5 Å². The van der Waals surface area contributed by atoms with E-state index in [9.17, 15) is 0 Å². The van der Waals surface area contributed by atoms with Crippen molar-refractivity contribution in [2.75, 3.05) is 0 Å². The van der Waals surface area contributed by atoms with Crippen molar-refractivity contribution in [3.05, 3.63) is 17.8 Å². The molecular formula is C9H12N2O2. The summed E-state index contributed by atoms with van der Waals surface area (Å²) in [5.41, 5.74) is 1.14. The van der Waals surface area contributed by atoms with E-state index in [4.69, 9.17) is 9.25 Å². The summed E-state index contributed by atoms with van der Waals surface area (Å²) in [6.07, 6.45) is 5.06. The van der Waals surface area contributed by atoms with Crippen LogP contribution < -0.4 is 0 Å². The molecule has 0 bridgehead atoms. The first kappa shape index (κ1) is 8.29. The summed E-state index contributed by atoms with van der Waals surface area (Å²) in [6.45, 7) is 2.19. The summed E-state index contributed by atoms with van der Waals surface area (Å²) in [6, 6.07) is 0. The molecule has 1 aliphatic rings. The van der Waals surface area contributed by atoms with Crippen molar-refractivity contribution in [2.45, 2.75) is 32.8 Å². The van der Waals surface area contributed by atoms with Gasteiger partial charge in [-0.05, 0) is 26.2 Å². The number of oxazole rings is 1. The molecule has 0 aromatic carbocycles. The molecule has 0 unspecified atom stereocenters. The molecule has 1 aliphatic carbocycles. The second-order valence-corrected chi connectivity index (χ2v) is 3.15. The third-order valence-electron chi connectivity index (χ3n) is 1.98. The minimum atomic E-state index is 0.331. The van der Waals surface area contributed by atoms with Gasteiger partial charge in [0.15, 0.2) is 6.61 Å². The molecule has 4 heteroatoms. The highest BCUT2D eigenvalue weighted by Gasteiger charge is 2.10. The van der Waals surface area contributed by atoms with E-state index in [-0.39, 0.29) is 0 Å². The number of hydrogen-bond donors (Lipinski definition) is 0. The molecule has 1 aromatic heterocycles. The van der Waals surface area contributed by atoms with Gasteiger partial charge in [-0.2, -0.15) is 0 Å². The molecule has 0 radical (unpaired) electrons. The van der Waals surface area contributed by atoms with Crippen molar-refractivity contribution < 1.29 is 9.25 Å². The molecule has 0 spiro atoms. The zero-order valence-electron chi connectivity index (χ0n) is 7.62. The minimum Gasteiger partial charge on any atom is -0.442 e. The summed E-state index contributed by atoms with van der Waals surface area (Å²) in [7, 11) is 0. The summed E-state index contributed by atoms with van der Waals surface area (Å²) in [5.74, 6) is 1.39. The lowest BCUT2D eigenvalue weighted by molar-refractivity contribution is 0.108. The van der Waals surface area contributed by atoms with Crippen molar-refractivity contribution in [2.24, 2.45) is 5.16 Å². The second-order valence-electron chi connectivity index (χ2n) is 3.15. The van der Waals surface area contributed by atoms with Crippen molar-refractivity contribution >= 4 is 5.71 Å². The van der Waals surface area contributed by atoms with Gasteiger partial charge in [-0.1, -0.05) is 5.16 Å². The lowest BCUT2D eigenvalue weighted by atomic mass is 9.98. The van der Waals surface area contributed by atoms with E-state index in [1.54, 1.807) is 6.20 Å². The van der Waals surface area contributed by atoms with Crippen LogP contribution in [-0.4, -0.2) is 10.7 Å². The SMILES string of the molecule is Cc1cnc(CON=C2CCC2)o1. The predicted molar refractivity (Wildman–Crippen MR) is 47.3 cm³/mol. The second kappa shape index (κ2) is 3.60.